The van der Waals surface area contributed by atoms with Crippen molar-refractivity contribution in [1.82, 2.24) is 4.90 Å². The summed E-state index contributed by atoms with van der Waals surface area (Å²) in [5.74, 6) is -0.356. The Kier molecular flexibility index (Phi) is 6.74. The fourth-order valence-corrected chi connectivity index (χ4v) is 3.48. The topological polar surface area (TPSA) is 91.3 Å². The van der Waals surface area contributed by atoms with E-state index in [0.717, 1.165) is 6.42 Å². The Morgan fingerprint density at radius 3 is 2.73 bits per heavy atom. The van der Waals surface area contributed by atoms with Crippen LogP contribution in [-0.2, 0) is 0 Å². The number of piperidine rings is 1. The van der Waals surface area contributed by atoms with Gasteiger partial charge < -0.3 is 15.7 Å². The van der Waals surface area contributed by atoms with Crippen molar-refractivity contribution in [2.24, 2.45) is 15.7 Å². The molecule has 0 aromatic heterocycles. The van der Waals surface area contributed by atoms with Gasteiger partial charge >= 0.3 is 0 Å². The molecule has 1 saturated heterocycles. The van der Waals surface area contributed by atoms with Crippen LogP contribution >= 0.6 is 0 Å². The number of β-amino-alcohol motifs (C(OH)–C–C–N with tert-alkyl or cyclic N) is 1. The van der Waals surface area contributed by atoms with Gasteiger partial charge in [-0.1, -0.05) is 24.3 Å². The van der Waals surface area contributed by atoms with Crippen LogP contribution in [0.4, 0.5) is 4.39 Å². The summed E-state index contributed by atoms with van der Waals surface area (Å²) in [6.45, 7) is 5.98. The molecule has 1 aliphatic heterocycles. The van der Waals surface area contributed by atoms with E-state index in [1.54, 1.807) is 48.2 Å². The SMILES string of the molecule is C=N/C(=C\N=C(C)N)c1ccc(-c2ccccc2C(=O)N2CCC[C@H](O)C2)cc1F. The fraction of sp³-hybridized carbons (Fsp3) is 0.261. The van der Waals surface area contributed by atoms with Crippen LogP contribution in [0, 0.1) is 5.82 Å². The molecule has 156 valence electrons. The first kappa shape index (κ1) is 21.4. The Balaban J connectivity index is 1.96. The zero-order valence-electron chi connectivity index (χ0n) is 16.9. The van der Waals surface area contributed by atoms with Crippen LogP contribution in [0.2, 0.25) is 0 Å². The number of halogens is 1. The highest BCUT2D eigenvalue weighted by Gasteiger charge is 2.25. The Hall–Kier alpha value is -3.32. The third-order valence-corrected chi connectivity index (χ3v) is 4.96. The maximum Gasteiger partial charge on any atom is 0.254 e. The number of nitrogens with zero attached hydrogens (tertiary/aromatic N) is 3. The quantitative estimate of drug-likeness (QED) is 0.586. The summed E-state index contributed by atoms with van der Waals surface area (Å²) >= 11 is 0. The van der Waals surface area contributed by atoms with E-state index in [2.05, 4.69) is 16.7 Å². The number of aliphatic hydroxyl groups excluding tert-OH is 1. The molecule has 2 aromatic rings. The molecule has 0 bridgehead atoms. The fourth-order valence-electron chi connectivity index (χ4n) is 3.48. The van der Waals surface area contributed by atoms with Crippen LogP contribution < -0.4 is 5.73 Å². The monoisotopic (exact) mass is 408 g/mol. The minimum absolute atomic E-state index is 0.171. The van der Waals surface area contributed by atoms with E-state index >= 15 is 0 Å². The Labute approximate surface area is 175 Å². The van der Waals surface area contributed by atoms with Crippen LogP contribution in [0.3, 0.4) is 0 Å². The summed E-state index contributed by atoms with van der Waals surface area (Å²) in [4.78, 5) is 22.5. The lowest BCUT2D eigenvalue weighted by molar-refractivity contribution is 0.0474. The molecule has 3 N–H and O–H groups in total. The molecule has 1 amide bonds. The van der Waals surface area contributed by atoms with E-state index in [-0.39, 0.29) is 17.2 Å². The standard InChI is InChI=1S/C23H25FN4O2/c1-15(25)27-13-22(26-2)20-10-9-16(12-21(20)24)18-7-3-4-8-19(18)23(30)28-11-5-6-17(29)14-28/h3-4,7-10,12-13,17,29H,2,5-6,11,14H2,1H3,(H2,25,27)/b22-13-/t17-/m0/s1. The maximum atomic E-state index is 14.9. The Morgan fingerprint density at radius 1 is 1.30 bits per heavy atom. The summed E-state index contributed by atoms with van der Waals surface area (Å²) < 4.78 is 14.9. The number of benzene rings is 2. The van der Waals surface area contributed by atoms with Gasteiger partial charge in [-0.15, -0.1) is 0 Å². The number of rotatable bonds is 5. The number of amides is 1. The molecule has 0 aliphatic carbocycles. The minimum Gasteiger partial charge on any atom is -0.391 e. The summed E-state index contributed by atoms with van der Waals surface area (Å²) in [7, 11) is 0. The molecule has 0 radical (unpaired) electrons. The Morgan fingerprint density at radius 2 is 2.07 bits per heavy atom. The number of hydrogen-bond donors (Lipinski definition) is 2. The van der Waals surface area contributed by atoms with Crippen molar-refractivity contribution in [3.8, 4) is 11.1 Å². The zero-order chi connectivity index (χ0) is 21.7. The van der Waals surface area contributed by atoms with Crippen molar-refractivity contribution >= 4 is 24.2 Å². The van der Waals surface area contributed by atoms with E-state index in [0.29, 0.717) is 42.0 Å². The first-order valence-electron chi connectivity index (χ1n) is 9.74. The van der Waals surface area contributed by atoms with Crippen molar-refractivity contribution in [3.05, 3.63) is 65.6 Å². The first-order valence-corrected chi connectivity index (χ1v) is 9.74. The van der Waals surface area contributed by atoms with Crippen LogP contribution in [0.5, 0.6) is 0 Å². The molecule has 30 heavy (non-hydrogen) atoms. The number of carbonyl (C=O) groups excluding carboxylic acids is 1. The van der Waals surface area contributed by atoms with Crippen molar-refractivity contribution in [1.29, 1.82) is 0 Å². The van der Waals surface area contributed by atoms with Gasteiger partial charge in [0.15, 0.2) is 0 Å². The van der Waals surface area contributed by atoms with Gasteiger partial charge in [0.25, 0.3) is 5.91 Å². The van der Waals surface area contributed by atoms with E-state index < -0.39 is 11.9 Å². The molecule has 1 fully saturated rings. The smallest absolute Gasteiger partial charge is 0.254 e. The number of aliphatic imine (C=N–C) groups is 2. The average molecular weight is 408 g/mol. The van der Waals surface area contributed by atoms with Crippen LogP contribution in [0.25, 0.3) is 16.8 Å². The predicted molar refractivity (Wildman–Crippen MR) is 118 cm³/mol. The van der Waals surface area contributed by atoms with Crippen LogP contribution in [0.1, 0.15) is 35.7 Å². The van der Waals surface area contributed by atoms with Crippen molar-refractivity contribution in [2.75, 3.05) is 13.1 Å². The van der Waals surface area contributed by atoms with Gasteiger partial charge in [0.1, 0.15) is 5.82 Å². The van der Waals surface area contributed by atoms with Gasteiger partial charge in [-0.2, -0.15) is 0 Å². The summed E-state index contributed by atoms with van der Waals surface area (Å²) in [5.41, 5.74) is 7.69. The van der Waals surface area contributed by atoms with Crippen molar-refractivity contribution < 1.29 is 14.3 Å². The third-order valence-electron chi connectivity index (χ3n) is 4.96. The molecular weight excluding hydrogens is 383 g/mol. The minimum atomic E-state index is -0.511. The molecular formula is C23H25FN4O2. The van der Waals surface area contributed by atoms with E-state index in [9.17, 15) is 14.3 Å². The first-order chi connectivity index (χ1) is 14.4. The lowest BCUT2D eigenvalue weighted by atomic mass is 9.96. The van der Waals surface area contributed by atoms with Gasteiger partial charge in [-0.05, 0) is 55.8 Å². The number of likely N-dealkylation sites (tertiary alicyclic amines) is 1. The summed E-state index contributed by atoms with van der Waals surface area (Å²) in [6, 6.07) is 11.8. The second kappa shape index (κ2) is 9.45. The lowest BCUT2D eigenvalue weighted by Crippen LogP contribution is -2.42. The van der Waals surface area contributed by atoms with E-state index in [1.807, 2.05) is 0 Å². The number of amidine groups is 1. The molecule has 1 heterocycles. The predicted octanol–water partition coefficient (Wildman–Crippen LogP) is 3.47. The van der Waals surface area contributed by atoms with Crippen molar-refractivity contribution in [2.45, 2.75) is 25.9 Å². The third kappa shape index (κ3) is 4.80. The molecule has 0 spiro atoms. The van der Waals surface area contributed by atoms with Gasteiger partial charge in [0.2, 0.25) is 0 Å². The van der Waals surface area contributed by atoms with Gasteiger partial charge in [0, 0.05) is 24.2 Å². The van der Waals surface area contributed by atoms with Crippen LogP contribution in [0.15, 0.2) is 58.6 Å². The second-order valence-electron chi connectivity index (χ2n) is 7.23. The average Bonchev–Trinajstić information content (AvgIpc) is 2.74. The normalized spacial score (nSPS) is 17.7. The molecule has 0 saturated carbocycles. The van der Waals surface area contributed by atoms with Crippen LogP contribution in [-0.4, -0.2) is 47.7 Å². The second-order valence-corrected chi connectivity index (χ2v) is 7.23. The largest absolute Gasteiger partial charge is 0.391 e. The molecule has 1 aliphatic rings. The molecule has 1 atom stereocenters. The van der Waals surface area contributed by atoms with Gasteiger partial charge in [0.05, 0.1) is 23.8 Å². The molecule has 7 heteroatoms. The number of carbonyl (C=O) groups is 1. The Bertz CT molecular complexity index is 1010. The summed E-state index contributed by atoms with van der Waals surface area (Å²) in [5, 5.41) is 9.90. The van der Waals surface area contributed by atoms with Crippen molar-refractivity contribution in [3.63, 3.8) is 0 Å². The number of nitrogens with two attached hydrogens (primary N) is 1. The lowest BCUT2D eigenvalue weighted by Gasteiger charge is -2.30. The summed E-state index contributed by atoms with van der Waals surface area (Å²) in [6.07, 6.45) is 2.30. The highest BCUT2D eigenvalue weighted by Crippen LogP contribution is 2.29. The molecule has 2 aromatic carbocycles. The van der Waals surface area contributed by atoms with E-state index in [4.69, 9.17) is 5.73 Å². The number of hydrogen-bond acceptors (Lipinski definition) is 4. The van der Waals surface area contributed by atoms with E-state index in [1.165, 1.54) is 12.3 Å². The molecule has 0 unspecified atom stereocenters. The number of aliphatic hydroxyl groups is 1. The highest BCUT2D eigenvalue weighted by molar-refractivity contribution is 6.01. The highest BCUT2D eigenvalue weighted by atomic mass is 19.1. The molecule has 3 rings (SSSR count). The van der Waals surface area contributed by atoms with Gasteiger partial charge in [-0.25, -0.2) is 9.38 Å². The molecule has 6 nitrogen and oxygen atoms in total. The van der Waals surface area contributed by atoms with Gasteiger partial charge in [-0.3, -0.25) is 9.79 Å². The zero-order valence-corrected chi connectivity index (χ0v) is 16.9. The maximum absolute atomic E-state index is 14.9.